The van der Waals surface area contributed by atoms with Crippen molar-refractivity contribution >= 4 is 5.91 Å². The van der Waals surface area contributed by atoms with Crippen LogP contribution < -0.4 is 4.74 Å². The third-order valence-electron chi connectivity index (χ3n) is 9.38. The summed E-state index contributed by atoms with van der Waals surface area (Å²) < 4.78 is 11.6. The number of carbonyl (C=O) groups excluding carboxylic acids is 1. The molecule has 7 nitrogen and oxygen atoms in total. The van der Waals surface area contributed by atoms with E-state index in [1.807, 2.05) is 6.07 Å². The van der Waals surface area contributed by atoms with Crippen LogP contribution >= 0.6 is 0 Å². The normalized spacial score (nSPS) is 34.4. The van der Waals surface area contributed by atoms with Crippen LogP contribution in [0.4, 0.5) is 0 Å². The SMILES string of the molecule is CN(C(=O)C#Cc1ccoc1)[C@H]1CC[C@@]2(O)[C@@H]3Cc4ccc(O)c5c4[C@@]2(CCN3CC2CC2)[C@H]1O5. The maximum Gasteiger partial charge on any atom is 0.298 e. The van der Waals surface area contributed by atoms with E-state index in [0.717, 1.165) is 43.0 Å². The van der Waals surface area contributed by atoms with E-state index < -0.39 is 17.1 Å². The number of phenols is 1. The van der Waals surface area contributed by atoms with E-state index in [0.29, 0.717) is 24.2 Å². The zero-order chi connectivity index (χ0) is 23.9. The molecule has 7 rings (SSSR count). The largest absolute Gasteiger partial charge is 0.504 e. The van der Waals surface area contributed by atoms with Gasteiger partial charge in [-0.2, -0.15) is 0 Å². The fourth-order valence-corrected chi connectivity index (χ4v) is 7.55. The highest BCUT2D eigenvalue weighted by molar-refractivity contribution is 5.94. The Labute approximate surface area is 204 Å². The first kappa shape index (κ1) is 21.3. The van der Waals surface area contributed by atoms with Gasteiger partial charge in [-0.15, -0.1) is 0 Å². The van der Waals surface area contributed by atoms with Crippen molar-refractivity contribution in [1.29, 1.82) is 0 Å². The van der Waals surface area contributed by atoms with Crippen LogP contribution in [0, 0.1) is 17.8 Å². The number of benzene rings is 1. The van der Waals surface area contributed by atoms with Crippen LogP contribution in [0.25, 0.3) is 0 Å². The molecule has 2 aromatic rings. The molecule has 7 heteroatoms. The number of hydrogen-bond acceptors (Lipinski definition) is 6. The van der Waals surface area contributed by atoms with Crippen molar-refractivity contribution in [3.8, 4) is 23.3 Å². The highest BCUT2D eigenvalue weighted by Crippen LogP contribution is 2.66. The number of amides is 1. The van der Waals surface area contributed by atoms with Gasteiger partial charge < -0.3 is 24.3 Å². The van der Waals surface area contributed by atoms with Crippen LogP contribution in [0.3, 0.4) is 0 Å². The summed E-state index contributed by atoms with van der Waals surface area (Å²) in [5.74, 6) is 6.66. The topological polar surface area (TPSA) is 86.4 Å². The van der Waals surface area contributed by atoms with Gasteiger partial charge in [0.2, 0.25) is 0 Å². The number of likely N-dealkylation sites (tertiary alicyclic amines) is 1. The Morgan fingerprint density at radius 3 is 2.89 bits per heavy atom. The van der Waals surface area contributed by atoms with Gasteiger partial charge in [-0.05, 0) is 68.7 Å². The van der Waals surface area contributed by atoms with E-state index in [2.05, 4.69) is 16.7 Å². The number of ether oxygens (including phenoxy) is 1. The molecule has 1 spiro atoms. The molecule has 3 aliphatic carbocycles. The maximum atomic E-state index is 13.1. The summed E-state index contributed by atoms with van der Waals surface area (Å²) in [7, 11) is 1.77. The number of phenolic OH excluding ortho intramolecular Hbond substituents is 1. The summed E-state index contributed by atoms with van der Waals surface area (Å²) >= 11 is 0. The second-order valence-electron chi connectivity index (χ2n) is 11.1. The molecule has 5 atom stereocenters. The van der Waals surface area contributed by atoms with Crippen LogP contribution in [0.2, 0.25) is 0 Å². The van der Waals surface area contributed by atoms with E-state index in [9.17, 15) is 15.0 Å². The first-order valence-corrected chi connectivity index (χ1v) is 12.7. The average molecular weight is 475 g/mol. The Hall–Kier alpha value is -2.95. The monoisotopic (exact) mass is 474 g/mol. The number of likely N-dealkylation sites (N-methyl/N-ethyl adjacent to an activating group) is 1. The zero-order valence-corrected chi connectivity index (χ0v) is 19.9. The minimum Gasteiger partial charge on any atom is -0.504 e. The van der Waals surface area contributed by atoms with E-state index in [-0.39, 0.29) is 23.7 Å². The predicted molar refractivity (Wildman–Crippen MR) is 127 cm³/mol. The highest BCUT2D eigenvalue weighted by atomic mass is 16.5. The number of aromatic hydroxyl groups is 1. The van der Waals surface area contributed by atoms with E-state index in [4.69, 9.17) is 9.15 Å². The van der Waals surface area contributed by atoms with Crippen LogP contribution in [0.15, 0.2) is 35.1 Å². The fourth-order valence-electron chi connectivity index (χ4n) is 7.55. The summed E-state index contributed by atoms with van der Waals surface area (Å²) in [4.78, 5) is 17.3. The van der Waals surface area contributed by atoms with Gasteiger partial charge in [-0.3, -0.25) is 9.69 Å². The minimum atomic E-state index is -0.959. The van der Waals surface area contributed by atoms with Gasteiger partial charge in [0.1, 0.15) is 12.4 Å². The molecule has 0 radical (unpaired) electrons. The molecule has 2 aliphatic heterocycles. The number of hydrogen-bond donors (Lipinski definition) is 2. The molecule has 3 heterocycles. The summed E-state index contributed by atoms with van der Waals surface area (Å²) in [5, 5.41) is 23.3. The van der Waals surface area contributed by atoms with Crippen LogP contribution in [0.1, 0.15) is 48.8 Å². The first-order chi connectivity index (χ1) is 16.9. The van der Waals surface area contributed by atoms with Gasteiger partial charge in [0.05, 0.1) is 28.9 Å². The van der Waals surface area contributed by atoms with Crippen LogP contribution in [0.5, 0.6) is 11.5 Å². The van der Waals surface area contributed by atoms with Gasteiger partial charge in [0.15, 0.2) is 11.5 Å². The van der Waals surface area contributed by atoms with E-state index in [1.54, 1.807) is 24.1 Å². The van der Waals surface area contributed by atoms with Gasteiger partial charge in [0, 0.05) is 31.1 Å². The molecule has 2 bridgehead atoms. The lowest BCUT2D eigenvalue weighted by atomic mass is 9.48. The molecule has 0 unspecified atom stereocenters. The standard InChI is InChI=1S/C28H30N2O5/c1-29(23(32)7-4-18-9-13-34-16-18)20-8-10-28(33)22-14-19-5-6-21(31)25-24(19)27(28,26(20)35-25)11-12-30(22)15-17-2-3-17/h5-6,9,13,16-17,20,22,26,31,33H,2-3,8,10-12,14-15H2,1H3/t20-,22-,26-,27-,28+/m0/s1. The highest BCUT2D eigenvalue weighted by Gasteiger charge is 2.73. The second kappa shape index (κ2) is 7.28. The molecule has 1 aromatic heterocycles. The molecule has 2 N–H and O–H groups in total. The molecule has 1 amide bonds. The van der Waals surface area contributed by atoms with Gasteiger partial charge >= 0.3 is 0 Å². The fraction of sp³-hybridized carbons (Fsp3) is 0.536. The Bertz CT molecular complexity index is 1260. The average Bonchev–Trinajstić information content (AvgIpc) is 3.36. The van der Waals surface area contributed by atoms with Crippen molar-refractivity contribution in [2.75, 3.05) is 20.1 Å². The van der Waals surface area contributed by atoms with Crippen molar-refractivity contribution in [2.24, 2.45) is 5.92 Å². The molecule has 5 aliphatic rings. The van der Waals surface area contributed by atoms with Crippen molar-refractivity contribution in [3.63, 3.8) is 0 Å². The number of carbonyl (C=O) groups is 1. The molecular formula is C28H30N2O5. The Kier molecular flexibility index (Phi) is 4.44. The predicted octanol–water partition coefficient (Wildman–Crippen LogP) is 2.43. The number of rotatable bonds is 3. The summed E-state index contributed by atoms with van der Waals surface area (Å²) in [6.07, 6.45) is 7.89. The zero-order valence-electron chi connectivity index (χ0n) is 19.9. The molecule has 1 saturated heterocycles. The van der Waals surface area contributed by atoms with Crippen LogP contribution in [-0.2, 0) is 16.6 Å². The summed E-state index contributed by atoms with van der Waals surface area (Å²) in [6, 6.07) is 5.21. The van der Waals surface area contributed by atoms with Gasteiger partial charge in [-0.1, -0.05) is 12.0 Å². The number of aliphatic hydroxyl groups is 1. The lowest BCUT2D eigenvalue weighted by molar-refractivity contribution is -0.199. The van der Waals surface area contributed by atoms with Crippen molar-refractivity contribution in [1.82, 2.24) is 9.80 Å². The lowest BCUT2D eigenvalue weighted by Gasteiger charge is -2.64. The molecule has 3 fully saturated rings. The molecule has 182 valence electrons. The van der Waals surface area contributed by atoms with Crippen molar-refractivity contribution in [3.05, 3.63) is 47.4 Å². The maximum absolute atomic E-state index is 13.1. The van der Waals surface area contributed by atoms with E-state index >= 15 is 0 Å². The lowest BCUT2D eigenvalue weighted by Crippen LogP contribution is -2.78. The Morgan fingerprint density at radius 1 is 1.26 bits per heavy atom. The molecule has 2 saturated carbocycles. The smallest absolute Gasteiger partial charge is 0.298 e. The Balaban J connectivity index is 1.29. The summed E-state index contributed by atoms with van der Waals surface area (Å²) in [6.45, 7) is 1.93. The number of nitrogens with zero attached hydrogens (tertiary/aromatic N) is 2. The second-order valence-corrected chi connectivity index (χ2v) is 11.1. The van der Waals surface area contributed by atoms with Gasteiger partial charge in [-0.25, -0.2) is 0 Å². The molecule has 35 heavy (non-hydrogen) atoms. The third-order valence-corrected chi connectivity index (χ3v) is 9.38. The minimum absolute atomic E-state index is 0.0220. The van der Waals surface area contributed by atoms with E-state index in [1.165, 1.54) is 25.4 Å². The summed E-state index contributed by atoms with van der Waals surface area (Å²) in [5.41, 5.74) is 1.18. The third kappa shape index (κ3) is 2.84. The van der Waals surface area contributed by atoms with Gasteiger partial charge in [0.25, 0.3) is 5.91 Å². The first-order valence-electron chi connectivity index (χ1n) is 12.7. The Morgan fingerprint density at radius 2 is 2.11 bits per heavy atom. The molecule has 1 aromatic carbocycles. The van der Waals surface area contributed by atoms with Crippen LogP contribution in [-0.4, -0.2) is 69.8 Å². The molecular weight excluding hydrogens is 444 g/mol. The number of piperidine rings is 1. The quantitative estimate of drug-likeness (QED) is 0.665. The number of furan rings is 1. The van der Waals surface area contributed by atoms with Crippen molar-refractivity contribution in [2.45, 2.75) is 67.7 Å². The van der Waals surface area contributed by atoms with Crippen molar-refractivity contribution < 1.29 is 24.2 Å².